The number of pyridine rings is 1. The maximum absolute atomic E-state index is 9.80. The van der Waals surface area contributed by atoms with Gasteiger partial charge in [0.25, 0.3) is 0 Å². The van der Waals surface area contributed by atoms with Crippen LogP contribution in [0.5, 0.6) is 11.5 Å². The van der Waals surface area contributed by atoms with Crippen molar-refractivity contribution in [2.75, 3.05) is 12.3 Å². The lowest BCUT2D eigenvalue weighted by Gasteiger charge is -2.22. The molecule has 0 radical (unpaired) electrons. The van der Waals surface area contributed by atoms with E-state index in [2.05, 4.69) is 11.1 Å². The van der Waals surface area contributed by atoms with Crippen LogP contribution in [0, 0.1) is 11.3 Å². The van der Waals surface area contributed by atoms with Gasteiger partial charge in [0.15, 0.2) is 11.5 Å². The van der Waals surface area contributed by atoms with Crippen LogP contribution in [0.3, 0.4) is 0 Å². The van der Waals surface area contributed by atoms with Crippen LogP contribution in [0.2, 0.25) is 10.0 Å². The summed E-state index contributed by atoms with van der Waals surface area (Å²) in [4.78, 5) is 4.50. The highest BCUT2D eigenvalue weighted by Gasteiger charge is 2.23. The average molecular weight is 468 g/mol. The second-order valence-corrected chi connectivity index (χ2v) is 8.44. The number of nitrogens with zero attached hydrogens (tertiary/aromatic N) is 2. The third kappa shape index (κ3) is 4.48. The number of aryl methyl sites for hydroxylation is 1. The number of fused-ring (bicyclic) bond motifs is 1. The maximum atomic E-state index is 9.80. The van der Waals surface area contributed by atoms with Crippen molar-refractivity contribution >= 4 is 29.0 Å². The first kappa shape index (κ1) is 22.3. The van der Waals surface area contributed by atoms with E-state index in [1.54, 1.807) is 12.1 Å². The van der Waals surface area contributed by atoms with Crippen molar-refractivity contribution in [3.63, 3.8) is 0 Å². The third-order valence-electron chi connectivity index (χ3n) is 5.52. The molecule has 0 fully saturated rings. The Morgan fingerprint density at radius 2 is 1.84 bits per heavy atom. The van der Waals surface area contributed by atoms with E-state index in [4.69, 9.17) is 38.4 Å². The van der Waals surface area contributed by atoms with Gasteiger partial charge in [0.2, 0.25) is 0 Å². The number of rotatable bonds is 6. The van der Waals surface area contributed by atoms with Crippen molar-refractivity contribution in [3.05, 3.63) is 68.8 Å². The summed E-state index contributed by atoms with van der Waals surface area (Å²) in [5.74, 6) is 1.49. The maximum Gasteiger partial charge on any atom is 0.161 e. The molecule has 7 heteroatoms. The molecule has 3 aromatic rings. The van der Waals surface area contributed by atoms with E-state index in [1.165, 1.54) is 0 Å². The van der Waals surface area contributed by atoms with Crippen LogP contribution < -0.4 is 15.2 Å². The molecule has 0 unspecified atom stereocenters. The second-order valence-electron chi connectivity index (χ2n) is 7.62. The molecule has 1 aromatic heterocycles. The number of nitrogen functional groups attached to an aromatic ring is 1. The van der Waals surface area contributed by atoms with E-state index < -0.39 is 0 Å². The predicted octanol–water partition coefficient (Wildman–Crippen LogP) is 6.37. The van der Waals surface area contributed by atoms with Crippen LogP contribution in [-0.2, 0) is 19.4 Å². The Morgan fingerprint density at radius 3 is 2.59 bits per heavy atom. The molecule has 0 atom stereocenters. The van der Waals surface area contributed by atoms with Crippen LogP contribution in [0.25, 0.3) is 11.1 Å². The van der Waals surface area contributed by atoms with Crippen molar-refractivity contribution < 1.29 is 9.47 Å². The molecule has 0 saturated heterocycles. The topological polar surface area (TPSA) is 81.2 Å². The van der Waals surface area contributed by atoms with Crippen molar-refractivity contribution in [2.45, 2.75) is 39.2 Å². The molecule has 1 aliphatic rings. The first-order valence-electron chi connectivity index (χ1n) is 10.6. The van der Waals surface area contributed by atoms with Gasteiger partial charge in [0, 0.05) is 11.3 Å². The Balaban J connectivity index is 1.71. The fourth-order valence-corrected chi connectivity index (χ4v) is 4.36. The highest BCUT2D eigenvalue weighted by Crippen LogP contribution is 2.40. The van der Waals surface area contributed by atoms with Gasteiger partial charge >= 0.3 is 0 Å². The van der Waals surface area contributed by atoms with Gasteiger partial charge in [-0.2, -0.15) is 5.26 Å². The molecular weight excluding hydrogens is 445 g/mol. The van der Waals surface area contributed by atoms with E-state index in [0.717, 1.165) is 53.6 Å². The van der Waals surface area contributed by atoms with Gasteiger partial charge in [0.05, 0.1) is 16.7 Å². The summed E-state index contributed by atoms with van der Waals surface area (Å²) < 4.78 is 11.9. The summed E-state index contributed by atoms with van der Waals surface area (Å²) >= 11 is 12.1. The Bertz CT molecular complexity index is 1200. The minimum atomic E-state index is 0.279. The van der Waals surface area contributed by atoms with Crippen LogP contribution >= 0.6 is 23.2 Å². The highest BCUT2D eigenvalue weighted by molar-refractivity contribution is 6.42. The quantitative estimate of drug-likeness (QED) is 0.455. The summed E-state index contributed by atoms with van der Waals surface area (Å²) in [5, 5.41) is 10.8. The van der Waals surface area contributed by atoms with E-state index in [-0.39, 0.29) is 5.82 Å². The SMILES string of the molecule is CCOc1cc(-c2c(C#N)c(N)nc3c2CCCC3)ccc1OCc1ccc(Cl)c(Cl)c1. The normalized spacial score (nSPS) is 12.7. The fourth-order valence-electron chi connectivity index (χ4n) is 4.04. The van der Waals surface area contributed by atoms with Gasteiger partial charge in [-0.3, -0.25) is 0 Å². The lowest BCUT2D eigenvalue weighted by Crippen LogP contribution is -2.12. The lowest BCUT2D eigenvalue weighted by atomic mass is 9.86. The standard InChI is InChI=1S/C25H23Cl2N3O2/c1-2-31-23-12-16(8-10-22(23)32-14-15-7-9-19(26)20(27)11-15)24-17-5-3-4-6-21(17)30-25(29)18(24)13-28/h7-12H,2-6,14H2,1H3,(H2,29,30). The van der Waals surface area contributed by atoms with Crippen LogP contribution in [-0.4, -0.2) is 11.6 Å². The molecule has 0 spiro atoms. The largest absolute Gasteiger partial charge is 0.490 e. The molecule has 5 nitrogen and oxygen atoms in total. The molecule has 2 N–H and O–H groups in total. The van der Waals surface area contributed by atoms with Crippen molar-refractivity contribution in [3.8, 4) is 28.7 Å². The molecule has 2 aromatic carbocycles. The summed E-state index contributed by atoms with van der Waals surface area (Å²) in [7, 11) is 0. The van der Waals surface area contributed by atoms with E-state index in [0.29, 0.717) is 40.3 Å². The lowest BCUT2D eigenvalue weighted by molar-refractivity contribution is 0.269. The number of benzene rings is 2. The van der Waals surface area contributed by atoms with Crippen LogP contribution in [0.15, 0.2) is 36.4 Å². The predicted molar refractivity (Wildman–Crippen MR) is 127 cm³/mol. The first-order chi connectivity index (χ1) is 15.5. The number of hydrogen-bond donors (Lipinski definition) is 1. The molecule has 32 heavy (non-hydrogen) atoms. The van der Waals surface area contributed by atoms with Crippen LogP contribution in [0.4, 0.5) is 5.82 Å². The monoisotopic (exact) mass is 467 g/mol. The summed E-state index contributed by atoms with van der Waals surface area (Å²) in [5.41, 5.74) is 11.3. The van der Waals surface area contributed by atoms with Gasteiger partial charge in [-0.25, -0.2) is 4.98 Å². The zero-order valence-corrected chi connectivity index (χ0v) is 19.3. The van der Waals surface area contributed by atoms with Gasteiger partial charge in [0.1, 0.15) is 24.1 Å². The molecule has 0 aliphatic heterocycles. The van der Waals surface area contributed by atoms with Crippen LogP contribution in [0.1, 0.15) is 42.1 Å². The molecule has 0 bridgehead atoms. The van der Waals surface area contributed by atoms with Crippen molar-refractivity contribution in [1.29, 1.82) is 5.26 Å². The minimum absolute atomic E-state index is 0.279. The Hall–Kier alpha value is -2.94. The van der Waals surface area contributed by atoms with Gasteiger partial charge in [-0.15, -0.1) is 0 Å². The van der Waals surface area contributed by atoms with E-state index in [1.807, 2.05) is 31.2 Å². The Kier molecular flexibility index (Phi) is 6.74. The smallest absolute Gasteiger partial charge is 0.161 e. The number of aromatic nitrogens is 1. The Labute approximate surface area is 197 Å². The number of ether oxygens (including phenoxy) is 2. The summed E-state index contributed by atoms with van der Waals surface area (Å²) in [6.07, 6.45) is 3.91. The number of nitriles is 1. The first-order valence-corrected chi connectivity index (χ1v) is 11.3. The zero-order valence-electron chi connectivity index (χ0n) is 17.8. The average Bonchev–Trinajstić information content (AvgIpc) is 2.79. The number of anilines is 1. The fraction of sp³-hybridized carbons (Fsp3) is 0.280. The van der Waals surface area contributed by atoms with E-state index >= 15 is 0 Å². The summed E-state index contributed by atoms with van der Waals surface area (Å²) in [6, 6.07) is 13.4. The third-order valence-corrected chi connectivity index (χ3v) is 6.26. The second kappa shape index (κ2) is 9.68. The van der Waals surface area contributed by atoms with Gasteiger partial charge in [-0.1, -0.05) is 35.3 Å². The molecule has 164 valence electrons. The van der Waals surface area contributed by atoms with E-state index in [9.17, 15) is 5.26 Å². The number of halogens is 2. The molecular formula is C25H23Cl2N3O2. The molecule has 0 amide bonds. The highest BCUT2D eigenvalue weighted by atomic mass is 35.5. The summed E-state index contributed by atoms with van der Waals surface area (Å²) in [6.45, 7) is 2.72. The van der Waals surface area contributed by atoms with Gasteiger partial charge < -0.3 is 15.2 Å². The molecule has 0 saturated carbocycles. The molecule has 1 heterocycles. The molecule has 1 aliphatic carbocycles. The van der Waals surface area contributed by atoms with Crippen molar-refractivity contribution in [2.24, 2.45) is 0 Å². The Morgan fingerprint density at radius 1 is 1.03 bits per heavy atom. The van der Waals surface area contributed by atoms with Crippen molar-refractivity contribution in [1.82, 2.24) is 4.98 Å². The van der Waals surface area contributed by atoms with Gasteiger partial charge in [-0.05, 0) is 73.6 Å². The molecule has 4 rings (SSSR count). The number of nitrogens with two attached hydrogens (primary N) is 1. The number of hydrogen-bond acceptors (Lipinski definition) is 5. The minimum Gasteiger partial charge on any atom is -0.490 e. The zero-order chi connectivity index (χ0) is 22.7.